The molecule has 1 heterocycles. The lowest BCUT2D eigenvalue weighted by Crippen LogP contribution is -2.42. The normalized spacial score (nSPS) is 20.1. The molecule has 1 aliphatic rings. The van der Waals surface area contributed by atoms with Gasteiger partial charge in [-0.2, -0.15) is 0 Å². The van der Waals surface area contributed by atoms with Gasteiger partial charge in [-0.25, -0.2) is 0 Å². The molecule has 1 fully saturated rings. The summed E-state index contributed by atoms with van der Waals surface area (Å²) in [4.78, 5) is 2.99. The van der Waals surface area contributed by atoms with Crippen LogP contribution in [0.1, 0.15) is 13.3 Å². The highest BCUT2D eigenvalue weighted by Gasteiger charge is 2.10. The molecule has 4 nitrogen and oxygen atoms in total. The van der Waals surface area contributed by atoms with E-state index in [1.165, 1.54) is 0 Å². The van der Waals surface area contributed by atoms with Crippen molar-refractivity contribution in [1.29, 1.82) is 0 Å². The van der Waals surface area contributed by atoms with Crippen LogP contribution in [0.15, 0.2) is 0 Å². The third-order valence-electron chi connectivity index (χ3n) is 2.53. The number of ether oxygens (including phenoxy) is 1. The molecule has 0 aromatic heterocycles. The zero-order valence-electron chi connectivity index (χ0n) is 9.37. The summed E-state index contributed by atoms with van der Waals surface area (Å²) in [6.45, 7) is 7.99. The summed E-state index contributed by atoms with van der Waals surface area (Å²) in [5, 5.41) is 3.41. The van der Waals surface area contributed by atoms with Crippen molar-refractivity contribution in [3.8, 4) is 0 Å². The Morgan fingerprint density at radius 2 is 2.20 bits per heavy atom. The molecule has 0 aromatic carbocycles. The number of nitrogens with one attached hydrogen (secondary N) is 1. The molecule has 88 valence electrons. The Bertz CT molecular complexity index is 195. The topological polar surface area (TPSA) is 50.5 Å². The number of rotatable bonds is 6. The quantitative estimate of drug-likeness (QED) is 0.629. The number of hydrogen-bond acceptors (Lipinski definition) is 4. The van der Waals surface area contributed by atoms with Gasteiger partial charge in [-0.3, -0.25) is 4.90 Å². The summed E-state index contributed by atoms with van der Waals surface area (Å²) in [7, 11) is 0. The second-order valence-electron chi connectivity index (χ2n) is 3.98. The van der Waals surface area contributed by atoms with Crippen LogP contribution in [0.2, 0.25) is 0 Å². The van der Waals surface area contributed by atoms with Crippen LogP contribution in [0, 0.1) is 0 Å². The number of hydrogen-bond donors (Lipinski definition) is 2. The fourth-order valence-electron chi connectivity index (χ4n) is 1.67. The third-order valence-corrected chi connectivity index (χ3v) is 2.70. The second kappa shape index (κ2) is 7.11. The van der Waals surface area contributed by atoms with E-state index in [9.17, 15) is 0 Å². The molecule has 1 aliphatic heterocycles. The molecule has 5 heteroatoms. The van der Waals surface area contributed by atoms with Crippen LogP contribution in [0.5, 0.6) is 0 Å². The lowest BCUT2D eigenvalue weighted by Gasteiger charge is -2.27. The van der Waals surface area contributed by atoms with Crippen LogP contribution in [0.4, 0.5) is 0 Å². The molecule has 0 bridgehead atoms. The number of morpholine rings is 1. The van der Waals surface area contributed by atoms with Crippen LogP contribution >= 0.6 is 12.2 Å². The number of nitrogens with zero attached hydrogens (tertiary/aromatic N) is 1. The van der Waals surface area contributed by atoms with Crippen molar-refractivity contribution in [2.75, 3.05) is 39.4 Å². The molecule has 1 rings (SSSR count). The van der Waals surface area contributed by atoms with E-state index in [1.54, 1.807) is 0 Å². The lowest BCUT2D eigenvalue weighted by atomic mass is 10.2. The van der Waals surface area contributed by atoms with Gasteiger partial charge in [0.25, 0.3) is 0 Å². The first-order valence-corrected chi connectivity index (χ1v) is 5.91. The van der Waals surface area contributed by atoms with Gasteiger partial charge in [0.2, 0.25) is 0 Å². The molecule has 0 radical (unpaired) electrons. The van der Waals surface area contributed by atoms with E-state index in [0.717, 1.165) is 45.8 Å². The average molecular weight is 231 g/mol. The maximum Gasteiger partial charge on any atom is 0.0742 e. The molecule has 0 aromatic rings. The highest BCUT2D eigenvalue weighted by molar-refractivity contribution is 7.80. The van der Waals surface area contributed by atoms with Gasteiger partial charge in [0.15, 0.2) is 0 Å². The van der Waals surface area contributed by atoms with E-state index < -0.39 is 0 Å². The Labute approximate surface area is 97.1 Å². The Kier molecular flexibility index (Phi) is 6.09. The van der Waals surface area contributed by atoms with Gasteiger partial charge in [0.1, 0.15) is 0 Å². The van der Waals surface area contributed by atoms with Crippen LogP contribution < -0.4 is 11.1 Å². The summed E-state index contributed by atoms with van der Waals surface area (Å²) < 4.78 is 5.28. The number of thiocarbonyl (C=S) groups is 1. The molecule has 3 N–H and O–H groups in total. The predicted octanol–water partition coefficient (Wildman–Crippen LogP) is -0.0271. The van der Waals surface area contributed by atoms with Gasteiger partial charge >= 0.3 is 0 Å². The van der Waals surface area contributed by atoms with E-state index in [4.69, 9.17) is 22.7 Å². The van der Waals surface area contributed by atoms with E-state index in [1.807, 2.05) is 0 Å². The Morgan fingerprint density at radius 1 is 1.53 bits per heavy atom. The standard InChI is InChI=1S/C10H21N3OS/c1-9(8-10(11)15)12-2-3-13-4-6-14-7-5-13/h9,12H,2-8H2,1H3,(H2,11,15). The highest BCUT2D eigenvalue weighted by atomic mass is 32.1. The van der Waals surface area contributed by atoms with E-state index in [2.05, 4.69) is 17.1 Å². The summed E-state index contributed by atoms with van der Waals surface area (Å²) >= 11 is 4.86. The van der Waals surface area contributed by atoms with Crippen LogP contribution in [0.3, 0.4) is 0 Å². The van der Waals surface area contributed by atoms with Crippen molar-refractivity contribution in [2.45, 2.75) is 19.4 Å². The third kappa shape index (κ3) is 6.04. The van der Waals surface area contributed by atoms with Crippen molar-refractivity contribution in [3.63, 3.8) is 0 Å². The largest absolute Gasteiger partial charge is 0.393 e. The van der Waals surface area contributed by atoms with Crippen molar-refractivity contribution in [2.24, 2.45) is 5.73 Å². The zero-order chi connectivity index (χ0) is 11.1. The SMILES string of the molecule is CC(CC(N)=S)NCCN1CCOCC1. The van der Waals surface area contributed by atoms with E-state index in [-0.39, 0.29) is 0 Å². The molecule has 0 amide bonds. The van der Waals surface area contributed by atoms with Crippen LogP contribution in [-0.4, -0.2) is 55.3 Å². The molecule has 0 aliphatic carbocycles. The van der Waals surface area contributed by atoms with Gasteiger partial charge in [-0.05, 0) is 6.92 Å². The van der Waals surface area contributed by atoms with Crippen molar-refractivity contribution in [1.82, 2.24) is 10.2 Å². The van der Waals surface area contributed by atoms with Crippen molar-refractivity contribution < 1.29 is 4.74 Å². The maximum absolute atomic E-state index is 5.47. The molecular formula is C10H21N3OS. The Morgan fingerprint density at radius 3 is 2.80 bits per heavy atom. The minimum Gasteiger partial charge on any atom is -0.393 e. The van der Waals surface area contributed by atoms with Gasteiger partial charge < -0.3 is 15.8 Å². The molecule has 0 saturated carbocycles. The monoisotopic (exact) mass is 231 g/mol. The minimum atomic E-state index is 0.378. The van der Waals surface area contributed by atoms with Crippen LogP contribution in [0.25, 0.3) is 0 Å². The minimum absolute atomic E-state index is 0.378. The van der Waals surface area contributed by atoms with E-state index >= 15 is 0 Å². The second-order valence-corrected chi connectivity index (χ2v) is 4.50. The first-order chi connectivity index (χ1) is 7.18. The van der Waals surface area contributed by atoms with Crippen molar-refractivity contribution >= 4 is 17.2 Å². The predicted molar refractivity (Wildman–Crippen MR) is 66.1 cm³/mol. The summed E-state index contributed by atoms with van der Waals surface area (Å²) in [5.41, 5.74) is 5.47. The highest BCUT2D eigenvalue weighted by Crippen LogP contribution is 1.96. The van der Waals surface area contributed by atoms with Gasteiger partial charge in [0, 0.05) is 38.6 Å². The molecule has 1 unspecified atom stereocenters. The van der Waals surface area contributed by atoms with E-state index in [0.29, 0.717) is 11.0 Å². The fourth-order valence-corrected chi connectivity index (χ4v) is 1.92. The van der Waals surface area contributed by atoms with Gasteiger partial charge in [-0.1, -0.05) is 12.2 Å². The summed E-state index contributed by atoms with van der Waals surface area (Å²) in [6, 6.07) is 0.378. The smallest absolute Gasteiger partial charge is 0.0742 e. The first kappa shape index (κ1) is 12.8. The Hall–Kier alpha value is -0.230. The van der Waals surface area contributed by atoms with Crippen LogP contribution in [-0.2, 0) is 4.74 Å². The lowest BCUT2D eigenvalue weighted by molar-refractivity contribution is 0.0382. The molecule has 0 spiro atoms. The average Bonchev–Trinajstić information content (AvgIpc) is 2.18. The fraction of sp³-hybridized carbons (Fsp3) is 0.900. The van der Waals surface area contributed by atoms with Gasteiger partial charge in [-0.15, -0.1) is 0 Å². The van der Waals surface area contributed by atoms with Crippen molar-refractivity contribution in [3.05, 3.63) is 0 Å². The maximum atomic E-state index is 5.47. The summed E-state index contributed by atoms with van der Waals surface area (Å²) in [6.07, 6.45) is 0.776. The molecule has 1 saturated heterocycles. The molecule has 15 heavy (non-hydrogen) atoms. The first-order valence-electron chi connectivity index (χ1n) is 5.50. The summed E-state index contributed by atoms with van der Waals surface area (Å²) in [5.74, 6) is 0. The molecular weight excluding hydrogens is 210 g/mol. The molecule has 1 atom stereocenters. The Balaban J connectivity index is 2.02. The number of nitrogens with two attached hydrogens (primary N) is 1. The zero-order valence-corrected chi connectivity index (χ0v) is 10.2. The van der Waals surface area contributed by atoms with Gasteiger partial charge in [0.05, 0.1) is 18.2 Å².